The van der Waals surface area contributed by atoms with Crippen LogP contribution in [-0.2, 0) is 6.42 Å². The minimum atomic E-state index is -0.210. The monoisotopic (exact) mass is 432 g/mol. The molecule has 0 amide bonds. The number of nitrogens with zero attached hydrogens (tertiary/aromatic N) is 2. The molecule has 0 spiro atoms. The van der Waals surface area contributed by atoms with Crippen LogP contribution in [0.15, 0.2) is 60.8 Å². The molecule has 1 aromatic heterocycles. The molecule has 4 nitrogen and oxygen atoms in total. The van der Waals surface area contributed by atoms with Crippen LogP contribution in [0.4, 0.5) is 10.1 Å². The molecule has 166 valence electrons. The number of aromatic nitrogens is 1. The van der Waals surface area contributed by atoms with Gasteiger partial charge in [0.2, 0.25) is 5.88 Å². The number of rotatable bonds is 9. The Hall–Kier alpha value is -3.21. The number of benzene rings is 2. The van der Waals surface area contributed by atoms with Gasteiger partial charge in [-0.05, 0) is 54.5 Å². The molecule has 1 heterocycles. The van der Waals surface area contributed by atoms with E-state index in [4.69, 9.17) is 4.74 Å². The molecule has 0 saturated heterocycles. The van der Waals surface area contributed by atoms with Crippen molar-refractivity contribution in [3.8, 4) is 17.0 Å². The highest BCUT2D eigenvalue weighted by Crippen LogP contribution is 2.46. The number of carbonyl (C=O) groups is 1. The highest BCUT2D eigenvalue weighted by Gasteiger charge is 2.45. The average Bonchev–Trinajstić information content (AvgIpc) is 3.64. The van der Waals surface area contributed by atoms with Gasteiger partial charge >= 0.3 is 0 Å². The topological polar surface area (TPSA) is 42.4 Å². The molecular formula is C27H29FN2O2. The molecule has 0 unspecified atom stereocenters. The second-order valence-electron chi connectivity index (χ2n) is 8.51. The zero-order valence-electron chi connectivity index (χ0n) is 18.9. The van der Waals surface area contributed by atoms with Crippen molar-refractivity contribution in [2.24, 2.45) is 0 Å². The molecule has 1 saturated carbocycles. The van der Waals surface area contributed by atoms with E-state index < -0.39 is 0 Å². The number of pyridine rings is 1. The summed E-state index contributed by atoms with van der Waals surface area (Å²) in [6.07, 6.45) is 6.02. The summed E-state index contributed by atoms with van der Waals surface area (Å²) in [6, 6.07) is 16.5. The predicted molar refractivity (Wildman–Crippen MR) is 126 cm³/mol. The number of hydrogen-bond acceptors (Lipinski definition) is 4. The summed E-state index contributed by atoms with van der Waals surface area (Å²) in [5, 5.41) is 0. The van der Waals surface area contributed by atoms with Gasteiger partial charge in [0.05, 0.1) is 12.8 Å². The molecule has 0 radical (unpaired) electrons. The maximum atomic E-state index is 14.9. The van der Waals surface area contributed by atoms with E-state index in [0.717, 1.165) is 36.0 Å². The van der Waals surface area contributed by atoms with Crippen molar-refractivity contribution < 1.29 is 13.9 Å². The summed E-state index contributed by atoms with van der Waals surface area (Å²) in [6.45, 7) is 2.16. The maximum Gasteiger partial charge on any atom is 0.212 e. The molecule has 1 aliphatic rings. The van der Waals surface area contributed by atoms with Crippen LogP contribution in [0.2, 0.25) is 0 Å². The predicted octanol–water partition coefficient (Wildman–Crippen LogP) is 6.09. The molecule has 0 atom stereocenters. The zero-order chi connectivity index (χ0) is 22.7. The Balaban J connectivity index is 1.41. The summed E-state index contributed by atoms with van der Waals surface area (Å²) >= 11 is 0. The first kappa shape index (κ1) is 22.0. The maximum absolute atomic E-state index is 14.9. The summed E-state index contributed by atoms with van der Waals surface area (Å²) in [7, 11) is 3.56. The summed E-state index contributed by atoms with van der Waals surface area (Å²) in [4.78, 5) is 18.8. The van der Waals surface area contributed by atoms with Crippen LogP contribution in [0.5, 0.6) is 5.88 Å². The molecule has 1 fully saturated rings. The van der Waals surface area contributed by atoms with Gasteiger partial charge in [-0.2, -0.15) is 0 Å². The van der Waals surface area contributed by atoms with Crippen LogP contribution < -0.4 is 9.64 Å². The number of methoxy groups -OCH3 is 1. The van der Waals surface area contributed by atoms with Gasteiger partial charge in [-0.1, -0.05) is 43.3 Å². The molecule has 2 aromatic carbocycles. The van der Waals surface area contributed by atoms with Crippen LogP contribution in [0.3, 0.4) is 0 Å². The van der Waals surface area contributed by atoms with Crippen LogP contribution in [0.1, 0.15) is 48.5 Å². The van der Waals surface area contributed by atoms with Gasteiger partial charge in [-0.15, -0.1) is 0 Å². The van der Waals surface area contributed by atoms with E-state index in [-0.39, 0.29) is 17.1 Å². The number of hydrogen-bond donors (Lipinski definition) is 0. The number of ether oxygens (including phenoxy) is 1. The fourth-order valence-electron chi connectivity index (χ4n) is 4.21. The van der Waals surface area contributed by atoms with Crippen molar-refractivity contribution in [2.45, 2.75) is 44.6 Å². The quantitative estimate of drug-likeness (QED) is 0.384. The number of carbonyl (C=O) groups excluding carboxylic acids is 1. The first-order valence-electron chi connectivity index (χ1n) is 11.1. The Kier molecular flexibility index (Phi) is 6.26. The van der Waals surface area contributed by atoms with Gasteiger partial charge in [0.15, 0.2) is 5.78 Å². The molecule has 3 aromatic rings. The molecule has 0 aliphatic heterocycles. The Morgan fingerprint density at radius 1 is 1.09 bits per heavy atom. The number of anilines is 1. The lowest BCUT2D eigenvalue weighted by Crippen LogP contribution is -2.33. The standard InChI is InChI=1S/C27H29FN2O2/c1-4-27(15-16-27)30(2)24-12-11-22(17-23(24)28)20-7-9-21(10-8-20)25(31)13-5-19-6-14-26(32-3)29-18-19/h6-12,14,17-18H,4-5,13,15-16H2,1-3H3. The number of ketones is 1. The lowest BCUT2D eigenvalue weighted by atomic mass is 9.99. The molecule has 32 heavy (non-hydrogen) atoms. The van der Waals surface area contributed by atoms with Crippen LogP contribution >= 0.6 is 0 Å². The highest BCUT2D eigenvalue weighted by molar-refractivity contribution is 5.96. The second-order valence-corrected chi connectivity index (χ2v) is 8.51. The fraction of sp³-hybridized carbons (Fsp3) is 0.333. The van der Waals surface area contributed by atoms with Crippen molar-refractivity contribution in [1.29, 1.82) is 0 Å². The molecule has 0 N–H and O–H groups in total. The van der Waals surface area contributed by atoms with E-state index in [2.05, 4.69) is 16.8 Å². The third kappa shape index (κ3) is 4.52. The van der Waals surface area contributed by atoms with E-state index in [0.29, 0.717) is 30.0 Å². The Morgan fingerprint density at radius 2 is 1.81 bits per heavy atom. The van der Waals surface area contributed by atoms with Crippen LogP contribution in [-0.4, -0.2) is 30.5 Å². The Morgan fingerprint density at radius 3 is 2.38 bits per heavy atom. The van der Waals surface area contributed by atoms with Gasteiger partial charge in [0, 0.05) is 36.8 Å². The van der Waals surface area contributed by atoms with E-state index in [9.17, 15) is 9.18 Å². The Bertz CT molecular complexity index is 1090. The first-order chi connectivity index (χ1) is 15.5. The third-order valence-corrected chi connectivity index (χ3v) is 6.69. The van der Waals surface area contributed by atoms with Gasteiger partial charge in [0.1, 0.15) is 5.82 Å². The molecule has 0 bridgehead atoms. The van der Waals surface area contributed by atoms with E-state index in [1.165, 1.54) is 0 Å². The summed E-state index contributed by atoms with van der Waals surface area (Å²) in [5.74, 6) is 0.423. The van der Waals surface area contributed by atoms with Gasteiger partial charge in [-0.3, -0.25) is 4.79 Å². The third-order valence-electron chi connectivity index (χ3n) is 6.69. The van der Waals surface area contributed by atoms with Gasteiger partial charge < -0.3 is 9.64 Å². The fourth-order valence-corrected chi connectivity index (χ4v) is 4.21. The zero-order valence-corrected chi connectivity index (χ0v) is 18.9. The van der Waals surface area contributed by atoms with Crippen molar-refractivity contribution in [3.63, 3.8) is 0 Å². The SMILES string of the molecule is CCC1(N(C)c2ccc(-c3ccc(C(=O)CCc4ccc(OC)nc4)cc3)cc2F)CC1. The van der Waals surface area contributed by atoms with Crippen molar-refractivity contribution >= 4 is 11.5 Å². The molecule has 4 rings (SSSR count). The first-order valence-corrected chi connectivity index (χ1v) is 11.1. The second kappa shape index (κ2) is 9.11. The smallest absolute Gasteiger partial charge is 0.212 e. The van der Waals surface area contributed by atoms with Gasteiger partial charge in [0.25, 0.3) is 0 Å². The Labute approximate surface area is 189 Å². The van der Waals surface area contributed by atoms with Crippen LogP contribution in [0.25, 0.3) is 11.1 Å². The normalized spacial score (nSPS) is 14.1. The minimum absolute atomic E-state index is 0.0739. The highest BCUT2D eigenvalue weighted by atomic mass is 19.1. The number of Topliss-reactive ketones (excluding diaryl/α,β-unsaturated/α-hetero) is 1. The average molecular weight is 433 g/mol. The lowest BCUT2D eigenvalue weighted by molar-refractivity contribution is 0.0983. The van der Waals surface area contributed by atoms with E-state index >= 15 is 0 Å². The lowest BCUT2D eigenvalue weighted by Gasteiger charge is -2.29. The summed E-state index contributed by atoms with van der Waals surface area (Å²) in [5.41, 5.74) is 4.12. The van der Waals surface area contributed by atoms with Crippen molar-refractivity contribution in [2.75, 3.05) is 19.1 Å². The van der Waals surface area contributed by atoms with E-state index in [1.807, 2.05) is 49.5 Å². The minimum Gasteiger partial charge on any atom is -0.481 e. The van der Waals surface area contributed by atoms with E-state index in [1.54, 1.807) is 25.4 Å². The molecular weight excluding hydrogens is 403 g/mol. The molecule has 5 heteroatoms. The van der Waals surface area contributed by atoms with Crippen LogP contribution in [0, 0.1) is 5.82 Å². The molecule has 1 aliphatic carbocycles. The van der Waals surface area contributed by atoms with Crippen molar-refractivity contribution in [3.05, 3.63) is 77.7 Å². The number of aryl methyl sites for hydroxylation is 1. The number of halogens is 1. The van der Waals surface area contributed by atoms with Gasteiger partial charge in [-0.25, -0.2) is 9.37 Å². The van der Waals surface area contributed by atoms with Crippen molar-refractivity contribution in [1.82, 2.24) is 4.98 Å². The summed E-state index contributed by atoms with van der Waals surface area (Å²) < 4.78 is 19.9. The largest absolute Gasteiger partial charge is 0.481 e.